The van der Waals surface area contributed by atoms with Crippen molar-refractivity contribution in [3.05, 3.63) is 88.9 Å². The van der Waals surface area contributed by atoms with Crippen molar-refractivity contribution in [3.8, 4) is 0 Å². The van der Waals surface area contributed by atoms with Crippen LogP contribution in [-0.2, 0) is 0 Å². The minimum absolute atomic E-state index is 0.0492. The number of aryl methyl sites for hydroxylation is 2. The molecule has 134 valence electrons. The number of benzene rings is 1. The van der Waals surface area contributed by atoms with Crippen molar-refractivity contribution in [1.82, 2.24) is 10.3 Å². The van der Waals surface area contributed by atoms with Gasteiger partial charge in [-0.3, -0.25) is 9.78 Å². The van der Waals surface area contributed by atoms with Crippen LogP contribution in [0.1, 0.15) is 45.4 Å². The van der Waals surface area contributed by atoms with Crippen molar-refractivity contribution in [2.75, 3.05) is 6.54 Å². The van der Waals surface area contributed by atoms with Crippen LogP contribution in [0.3, 0.4) is 0 Å². The standard InChI is InChI=1S/C21H21FN2O2/c1-14-12-17(13-15(2)24-14)21(25)23-10-9-19(20-4-3-11-26-20)16-5-7-18(22)8-6-16/h3-8,11-13,19H,9-10H2,1-2H3,(H,23,25)/t19-/m1/s1. The number of hydrogen-bond donors (Lipinski definition) is 1. The number of pyridine rings is 1. The van der Waals surface area contributed by atoms with Gasteiger partial charge in [0.15, 0.2) is 0 Å². The predicted molar refractivity (Wildman–Crippen MR) is 97.6 cm³/mol. The van der Waals surface area contributed by atoms with Crippen LogP contribution >= 0.6 is 0 Å². The molecule has 26 heavy (non-hydrogen) atoms. The lowest BCUT2D eigenvalue weighted by Gasteiger charge is -2.16. The molecule has 4 nitrogen and oxygen atoms in total. The molecule has 2 aromatic heterocycles. The van der Waals surface area contributed by atoms with Crippen molar-refractivity contribution in [2.45, 2.75) is 26.2 Å². The first-order chi connectivity index (χ1) is 12.5. The van der Waals surface area contributed by atoms with Gasteiger partial charge in [0.2, 0.25) is 0 Å². The van der Waals surface area contributed by atoms with Gasteiger partial charge in [0.1, 0.15) is 11.6 Å². The van der Waals surface area contributed by atoms with Crippen LogP contribution in [-0.4, -0.2) is 17.4 Å². The minimum atomic E-state index is -0.274. The zero-order valence-electron chi connectivity index (χ0n) is 14.8. The summed E-state index contributed by atoms with van der Waals surface area (Å²) < 4.78 is 18.8. The first-order valence-electron chi connectivity index (χ1n) is 8.55. The summed E-state index contributed by atoms with van der Waals surface area (Å²) in [5.41, 5.74) is 3.18. The first kappa shape index (κ1) is 17.9. The van der Waals surface area contributed by atoms with Crippen molar-refractivity contribution in [1.29, 1.82) is 0 Å². The van der Waals surface area contributed by atoms with Gasteiger partial charge in [0.05, 0.1) is 6.26 Å². The average molecular weight is 352 g/mol. The topological polar surface area (TPSA) is 55.1 Å². The maximum Gasteiger partial charge on any atom is 0.251 e. The zero-order valence-corrected chi connectivity index (χ0v) is 14.8. The molecule has 0 aliphatic carbocycles. The van der Waals surface area contributed by atoms with Crippen LogP contribution in [0.5, 0.6) is 0 Å². The monoisotopic (exact) mass is 352 g/mol. The van der Waals surface area contributed by atoms with Crippen LogP contribution in [0.25, 0.3) is 0 Å². The smallest absolute Gasteiger partial charge is 0.251 e. The number of halogens is 1. The Bertz CT molecular complexity index is 853. The van der Waals surface area contributed by atoms with E-state index in [0.29, 0.717) is 18.5 Å². The number of carbonyl (C=O) groups is 1. The Hall–Kier alpha value is -2.95. The molecule has 0 aliphatic heterocycles. The van der Waals surface area contributed by atoms with Crippen molar-refractivity contribution in [3.63, 3.8) is 0 Å². The summed E-state index contributed by atoms with van der Waals surface area (Å²) in [6.07, 6.45) is 2.26. The van der Waals surface area contributed by atoms with Gasteiger partial charge in [-0.25, -0.2) is 4.39 Å². The molecular formula is C21H21FN2O2. The Morgan fingerprint density at radius 2 is 1.85 bits per heavy atom. The lowest BCUT2D eigenvalue weighted by molar-refractivity contribution is 0.0952. The normalized spacial score (nSPS) is 12.0. The summed E-state index contributed by atoms with van der Waals surface area (Å²) in [7, 11) is 0. The Balaban J connectivity index is 1.68. The molecule has 0 unspecified atom stereocenters. The fourth-order valence-corrected chi connectivity index (χ4v) is 3.06. The van der Waals surface area contributed by atoms with Gasteiger partial charge in [0, 0.05) is 29.4 Å². The minimum Gasteiger partial charge on any atom is -0.469 e. The molecule has 1 atom stereocenters. The van der Waals surface area contributed by atoms with E-state index in [4.69, 9.17) is 4.42 Å². The highest BCUT2D eigenvalue weighted by atomic mass is 19.1. The maximum absolute atomic E-state index is 13.2. The van der Waals surface area contributed by atoms with Crippen molar-refractivity contribution >= 4 is 5.91 Å². The number of carbonyl (C=O) groups excluding carboxylic acids is 1. The van der Waals surface area contributed by atoms with E-state index < -0.39 is 0 Å². The van der Waals surface area contributed by atoms with E-state index in [-0.39, 0.29) is 17.6 Å². The largest absolute Gasteiger partial charge is 0.469 e. The molecule has 5 heteroatoms. The summed E-state index contributed by atoms with van der Waals surface area (Å²) in [5, 5.41) is 2.94. The van der Waals surface area contributed by atoms with E-state index in [1.165, 1.54) is 12.1 Å². The molecular weight excluding hydrogens is 331 g/mol. The Kier molecular flexibility index (Phi) is 5.46. The van der Waals surface area contributed by atoms with E-state index in [9.17, 15) is 9.18 Å². The van der Waals surface area contributed by atoms with Gasteiger partial charge < -0.3 is 9.73 Å². The molecule has 0 radical (unpaired) electrons. The van der Waals surface area contributed by atoms with Crippen molar-refractivity contribution < 1.29 is 13.6 Å². The molecule has 0 bridgehead atoms. The quantitative estimate of drug-likeness (QED) is 0.716. The summed E-state index contributed by atoms with van der Waals surface area (Å²) >= 11 is 0. The second kappa shape index (κ2) is 7.95. The summed E-state index contributed by atoms with van der Waals surface area (Å²) in [5.74, 6) is 0.341. The third-order valence-corrected chi connectivity index (χ3v) is 4.22. The van der Waals surface area contributed by atoms with E-state index in [2.05, 4.69) is 10.3 Å². The number of furan rings is 1. The van der Waals surface area contributed by atoms with Gasteiger partial charge in [-0.05, 0) is 62.2 Å². The number of rotatable bonds is 6. The summed E-state index contributed by atoms with van der Waals surface area (Å²) in [4.78, 5) is 16.7. The van der Waals surface area contributed by atoms with E-state index in [1.807, 2.05) is 26.0 Å². The molecule has 0 spiro atoms. The van der Waals surface area contributed by atoms with Gasteiger partial charge in [-0.1, -0.05) is 12.1 Å². The van der Waals surface area contributed by atoms with E-state index >= 15 is 0 Å². The molecule has 1 N–H and O–H groups in total. The molecule has 2 heterocycles. The number of amides is 1. The lowest BCUT2D eigenvalue weighted by atomic mass is 9.93. The Morgan fingerprint density at radius 1 is 1.15 bits per heavy atom. The highest BCUT2D eigenvalue weighted by Gasteiger charge is 2.17. The molecule has 3 rings (SSSR count). The maximum atomic E-state index is 13.2. The SMILES string of the molecule is Cc1cc(C(=O)NCC[C@H](c2ccc(F)cc2)c2ccco2)cc(C)n1. The molecule has 3 aromatic rings. The molecule has 1 amide bonds. The highest BCUT2D eigenvalue weighted by Crippen LogP contribution is 2.28. The second-order valence-corrected chi connectivity index (χ2v) is 6.30. The van der Waals surface area contributed by atoms with Crippen LogP contribution in [0, 0.1) is 19.7 Å². The third-order valence-electron chi connectivity index (χ3n) is 4.22. The van der Waals surface area contributed by atoms with Gasteiger partial charge in [0.25, 0.3) is 5.91 Å². The van der Waals surface area contributed by atoms with Crippen molar-refractivity contribution in [2.24, 2.45) is 0 Å². The Morgan fingerprint density at radius 3 is 2.46 bits per heavy atom. The fourth-order valence-electron chi connectivity index (χ4n) is 3.06. The third kappa shape index (κ3) is 4.36. The number of nitrogens with one attached hydrogen (secondary N) is 1. The highest BCUT2D eigenvalue weighted by molar-refractivity contribution is 5.94. The van der Waals surface area contributed by atoms with E-state index in [0.717, 1.165) is 22.7 Å². The van der Waals surface area contributed by atoms with Gasteiger partial charge in [-0.15, -0.1) is 0 Å². The summed E-state index contributed by atoms with van der Waals surface area (Å²) in [6, 6.07) is 13.6. The lowest BCUT2D eigenvalue weighted by Crippen LogP contribution is -2.26. The van der Waals surface area contributed by atoms with Gasteiger partial charge >= 0.3 is 0 Å². The Labute approximate surface area is 152 Å². The van der Waals surface area contributed by atoms with Crippen LogP contribution in [0.4, 0.5) is 4.39 Å². The first-order valence-corrected chi connectivity index (χ1v) is 8.55. The second-order valence-electron chi connectivity index (χ2n) is 6.30. The fraction of sp³-hybridized carbons (Fsp3) is 0.238. The number of aromatic nitrogens is 1. The van der Waals surface area contributed by atoms with Crippen LogP contribution in [0.2, 0.25) is 0 Å². The van der Waals surface area contributed by atoms with Crippen LogP contribution in [0.15, 0.2) is 59.2 Å². The van der Waals surface area contributed by atoms with Crippen LogP contribution < -0.4 is 5.32 Å². The molecule has 0 saturated carbocycles. The number of hydrogen-bond acceptors (Lipinski definition) is 3. The molecule has 0 saturated heterocycles. The molecule has 1 aromatic carbocycles. The van der Waals surface area contributed by atoms with E-state index in [1.54, 1.807) is 30.5 Å². The average Bonchev–Trinajstić information content (AvgIpc) is 3.13. The number of nitrogens with zero attached hydrogens (tertiary/aromatic N) is 1. The van der Waals surface area contributed by atoms with Gasteiger partial charge in [-0.2, -0.15) is 0 Å². The molecule has 0 fully saturated rings. The summed E-state index contributed by atoms with van der Waals surface area (Å²) in [6.45, 7) is 4.21. The zero-order chi connectivity index (χ0) is 18.5. The molecule has 0 aliphatic rings. The predicted octanol–water partition coefficient (Wildman–Crippen LogP) is 4.38.